The van der Waals surface area contributed by atoms with E-state index in [1.165, 1.54) is 18.3 Å². The molecule has 28 heavy (non-hydrogen) atoms. The van der Waals surface area contributed by atoms with Gasteiger partial charge in [-0.25, -0.2) is 13.8 Å². The molecule has 1 aromatic carbocycles. The molecule has 3 aromatic heterocycles. The molecule has 0 unspecified atom stereocenters. The third-order valence-corrected chi connectivity index (χ3v) is 4.22. The summed E-state index contributed by atoms with van der Waals surface area (Å²) in [5.74, 6) is 4.59. The first-order chi connectivity index (χ1) is 13.5. The standard InChI is InChI=1S/C21H16F2N4O/c1-27(2)8-4-5-13-9-15-16(11-25-21(15)24-10-13)20-17(12-26-28-20)14-6-3-7-18(22)19(14)23/h3,6-7,9-12H,8H2,1-2H3,(H,24,25). The summed E-state index contributed by atoms with van der Waals surface area (Å²) in [5, 5.41) is 4.55. The number of hydrogen-bond acceptors (Lipinski definition) is 4. The lowest BCUT2D eigenvalue weighted by Gasteiger charge is -2.03. The van der Waals surface area contributed by atoms with Crippen molar-refractivity contribution in [3.05, 3.63) is 60.1 Å². The van der Waals surface area contributed by atoms with E-state index >= 15 is 0 Å². The van der Waals surface area contributed by atoms with Gasteiger partial charge < -0.3 is 9.51 Å². The number of benzene rings is 1. The Balaban J connectivity index is 1.81. The van der Waals surface area contributed by atoms with Crippen LogP contribution in [0.1, 0.15) is 5.56 Å². The molecule has 0 saturated heterocycles. The van der Waals surface area contributed by atoms with E-state index in [-0.39, 0.29) is 5.56 Å². The van der Waals surface area contributed by atoms with E-state index in [1.807, 2.05) is 25.1 Å². The van der Waals surface area contributed by atoms with Crippen molar-refractivity contribution in [2.45, 2.75) is 0 Å². The van der Waals surface area contributed by atoms with Crippen LogP contribution in [0.2, 0.25) is 0 Å². The summed E-state index contributed by atoms with van der Waals surface area (Å²) in [6, 6.07) is 5.88. The number of aromatic nitrogens is 3. The van der Waals surface area contributed by atoms with Crippen molar-refractivity contribution < 1.29 is 13.3 Å². The van der Waals surface area contributed by atoms with Crippen LogP contribution in [0.3, 0.4) is 0 Å². The SMILES string of the molecule is CN(C)CC#Cc1cnc2[nH]cc(-c3oncc3-c3cccc(F)c3F)c2c1. The normalized spacial score (nSPS) is 11.0. The van der Waals surface area contributed by atoms with E-state index < -0.39 is 11.6 Å². The molecular formula is C21H16F2N4O. The molecule has 0 aliphatic rings. The number of pyridine rings is 1. The van der Waals surface area contributed by atoms with Gasteiger partial charge in [0.2, 0.25) is 0 Å². The molecule has 0 spiro atoms. The Morgan fingerprint density at radius 2 is 2.00 bits per heavy atom. The minimum Gasteiger partial charge on any atom is -0.356 e. The Hall–Kier alpha value is -3.50. The van der Waals surface area contributed by atoms with Gasteiger partial charge >= 0.3 is 0 Å². The lowest BCUT2D eigenvalue weighted by Crippen LogP contribution is -2.10. The monoisotopic (exact) mass is 378 g/mol. The Morgan fingerprint density at radius 3 is 2.82 bits per heavy atom. The number of hydrogen-bond donors (Lipinski definition) is 1. The number of nitrogens with one attached hydrogen (secondary N) is 1. The molecule has 0 bridgehead atoms. The summed E-state index contributed by atoms with van der Waals surface area (Å²) in [6.07, 6.45) is 4.76. The highest BCUT2D eigenvalue weighted by Gasteiger charge is 2.20. The van der Waals surface area contributed by atoms with Gasteiger partial charge in [-0.2, -0.15) is 0 Å². The zero-order valence-corrected chi connectivity index (χ0v) is 15.3. The molecule has 0 radical (unpaired) electrons. The topological polar surface area (TPSA) is 58.0 Å². The maximum Gasteiger partial charge on any atom is 0.176 e. The van der Waals surface area contributed by atoms with Gasteiger partial charge in [0.15, 0.2) is 17.4 Å². The first-order valence-corrected chi connectivity index (χ1v) is 8.54. The van der Waals surface area contributed by atoms with Crippen molar-refractivity contribution >= 4 is 11.0 Å². The van der Waals surface area contributed by atoms with E-state index in [9.17, 15) is 8.78 Å². The second-order valence-corrected chi connectivity index (χ2v) is 6.53. The minimum absolute atomic E-state index is 0.0838. The van der Waals surface area contributed by atoms with Crippen molar-refractivity contribution in [2.75, 3.05) is 20.6 Å². The predicted molar refractivity (Wildman–Crippen MR) is 102 cm³/mol. The van der Waals surface area contributed by atoms with Gasteiger partial charge in [-0.3, -0.25) is 4.90 Å². The van der Waals surface area contributed by atoms with E-state index in [0.29, 0.717) is 29.1 Å². The van der Waals surface area contributed by atoms with Crippen molar-refractivity contribution in [1.82, 2.24) is 20.0 Å². The van der Waals surface area contributed by atoms with E-state index in [1.54, 1.807) is 12.4 Å². The number of rotatable bonds is 3. The van der Waals surface area contributed by atoms with Crippen molar-refractivity contribution in [3.63, 3.8) is 0 Å². The molecule has 5 nitrogen and oxygen atoms in total. The molecule has 0 atom stereocenters. The molecule has 1 N–H and O–H groups in total. The summed E-state index contributed by atoms with van der Waals surface area (Å²) in [7, 11) is 3.88. The van der Waals surface area contributed by atoms with Gasteiger partial charge in [0.1, 0.15) is 5.65 Å². The Bertz CT molecular complexity index is 1210. The van der Waals surface area contributed by atoms with Crippen LogP contribution in [-0.4, -0.2) is 40.7 Å². The lowest BCUT2D eigenvalue weighted by molar-refractivity contribution is 0.432. The first-order valence-electron chi connectivity index (χ1n) is 8.54. The van der Waals surface area contributed by atoms with E-state index in [2.05, 4.69) is 27.0 Å². The van der Waals surface area contributed by atoms with Crippen molar-refractivity contribution in [3.8, 4) is 34.3 Å². The van der Waals surface area contributed by atoms with Crippen LogP contribution < -0.4 is 0 Å². The highest BCUT2D eigenvalue weighted by Crippen LogP contribution is 2.37. The predicted octanol–water partition coefficient (Wildman–Crippen LogP) is 4.08. The maximum absolute atomic E-state index is 14.3. The quantitative estimate of drug-likeness (QED) is 0.546. The fourth-order valence-corrected chi connectivity index (χ4v) is 2.90. The number of fused-ring (bicyclic) bond motifs is 1. The van der Waals surface area contributed by atoms with Gasteiger partial charge in [0.05, 0.1) is 18.3 Å². The van der Waals surface area contributed by atoms with Crippen molar-refractivity contribution in [1.29, 1.82) is 0 Å². The van der Waals surface area contributed by atoms with Crippen LogP contribution >= 0.6 is 0 Å². The van der Waals surface area contributed by atoms with Crippen LogP contribution in [0.4, 0.5) is 8.78 Å². The van der Waals surface area contributed by atoms with Crippen molar-refractivity contribution in [2.24, 2.45) is 0 Å². The molecular weight excluding hydrogens is 362 g/mol. The zero-order valence-electron chi connectivity index (χ0n) is 15.3. The number of aromatic amines is 1. The van der Waals surface area contributed by atoms with Gasteiger partial charge in [-0.1, -0.05) is 29.1 Å². The van der Waals surface area contributed by atoms with E-state index in [0.717, 1.165) is 17.0 Å². The smallest absolute Gasteiger partial charge is 0.176 e. The van der Waals surface area contributed by atoms with E-state index in [4.69, 9.17) is 4.52 Å². The molecule has 4 rings (SSSR count). The fourth-order valence-electron chi connectivity index (χ4n) is 2.90. The molecule has 0 aliphatic heterocycles. The molecule has 0 amide bonds. The van der Waals surface area contributed by atoms with Gasteiger partial charge in [-0.15, -0.1) is 0 Å². The second-order valence-electron chi connectivity index (χ2n) is 6.53. The Labute approximate surface area is 160 Å². The third-order valence-electron chi connectivity index (χ3n) is 4.22. The van der Waals surface area contributed by atoms with Crippen LogP contribution in [0.5, 0.6) is 0 Å². The molecule has 0 aliphatic carbocycles. The molecule has 3 heterocycles. The molecule has 4 aromatic rings. The van der Waals surface area contributed by atoms with Crippen LogP contribution in [-0.2, 0) is 0 Å². The number of nitrogens with zero attached hydrogens (tertiary/aromatic N) is 3. The highest BCUT2D eigenvalue weighted by atomic mass is 19.2. The first kappa shape index (κ1) is 17.9. The molecule has 140 valence electrons. The largest absolute Gasteiger partial charge is 0.356 e. The van der Waals surface area contributed by atoms with Gasteiger partial charge in [0.25, 0.3) is 0 Å². The van der Waals surface area contributed by atoms with Crippen LogP contribution in [0, 0.1) is 23.5 Å². The highest BCUT2D eigenvalue weighted by molar-refractivity contribution is 5.96. The average Bonchev–Trinajstić information content (AvgIpc) is 3.30. The Morgan fingerprint density at radius 1 is 1.14 bits per heavy atom. The van der Waals surface area contributed by atoms with Crippen LogP contribution in [0.25, 0.3) is 33.5 Å². The molecule has 0 saturated carbocycles. The minimum atomic E-state index is -0.944. The zero-order chi connectivity index (χ0) is 19.7. The second kappa shape index (κ2) is 7.25. The maximum atomic E-state index is 14.3. The lowest BCUT2D eigenvalue weighted by atomic mass is 10.0. The summed E-state index contributed by atoms with van der Waals surface area (Å²) in [6.45, 7) is 0.628. The summed E-state index contributed by atoms with van der Waals surface area (Å²) < 4.78 is 33.3. The number of H-pyrrole nitrogens is 1. The average molecular weight is 378 g/mol. The summed E-state index contributed by atoms with van der Waals surface area (Å²) in [4.78, 5) is 9.40. The Kier molecular flexibility index (Phi) is 4.63. The van der Waals surface area contributed by atoms with Gasteiger partial charge in [-0.05, 0) is 26.2 Å². The summed E-state index contributed by atoms with van der Waals surface area (Å²) in [5.41, 5.74) is 2.47. The van der Waals surface area contributed by atoms with Gasteiger partial charge in [0, 0.05) is 34.5 Å². The summed E-state index contributed by atoms with van der Waals surface area (Å²) >= 11 is 0. The fraction of sp³-hybridized carbons (Fsp3) is 0.143. The van der Waals surface area contributed by atoms with Crippen LogP contribution in [0.15, 0.2) is 47.4 Å². The molecule has 0 fully saturated rings. The number of halogens is 2. The third kappa shape index (κ3) is 3.26. The molecule has 7 heteroatoms.